The molecule has 132 valence electrons. The van der Waals surface area contributed by atoms with E-state index in [0.717, 1.165) is 0 Å². The average molecular weight is 350 g/mol. The lowest BCUT2D eigenvalue weighted by molar-refractivity contribution is -0.146. The second kappa shape index (κ2) is 7.74. The summed E-state index contributed by atoms with van der Waals surface area (Å²) < 4.78 is 5.19. The first-order valence-electron chi connectivity index (χ1n) is 8.31. The van der Waals surface area contributed by atoms with Crippen molar-refractivity contribution >= 4 is 22.8 Å². The Morgan fingerprint density at radius 3 is 2.54 bits per heavy atom. The Morgan fingerprint density at radius 2 is 1.77 bits per heavy atom. The van der Waals surface area contributed by atoms with Crippen molar-refractivity contribution in [2.75, 3.05) is 0 Å². The van der Waals surface area contributed by atoms with Crippen molar-refractivity contribution in [3.8, 4) is 0 Å². The van der Waals surface area contributed by atoms with Crippen LogP contribution in [0.5, 0.6) is 0 Å². The van der Waals surface area contributed by atoms with Crippen LogP contribution in [0.4, 0.5) is 0 Å². The average Bonchev–Trinajstić information content (AvgIpc) is 2.66. The number of H-pyrrole nitrogens is 1. The zero-order valence-corrected chi connectivity index (χ0v) is 14.3. The first kappa shape index (κ1) is 17.5. The SMILES string of the molecule is C[C@@H](OC(=O)CCc1nc2ccccc2[nH]c1=O)C(=O)c1ccccc1. The molecule has 3 rings (SSSR count). The number of esters is 1. The second-order valence-electron chi connectivity index (χ2n) is 5.89. The molecule has 0 unspecified atom stereocenters. The van der Waals surface area contributed by atoms with E-state index in [1.165, 1.54) is 6.92 Å². The summed E-state index contributed by atoms with van der Waals surface area (Å²) in [6.07, 6.45) is -0.765. The highest BCUT2D eigenvalue weighted by atomic mass is 16.5. The van der Waals surface area contributed by atoms with Gasteiger partial charge in [-0.25, -0.2) is 4.98 Å². The summed E-state index contributed by atoms with van der Waals surface area (Å²) in [5, 5.41) is 0. The number of aromatic nitrogens is 2. The summed E-state index contributed by atoms with van der Waals surface area (Å²) in [4.78, 5) is 43.3. The lowest BCUT2D eigenvalue weighted by Crippen LogP contribution is -2.25. The molecule has 0 aliphatic heterocycles. The maximum atomic E-state index is 12.2. The normalized spacial score (nSPS) is 11.9. The Kier molecular flexibility index (Phi) is 5.22. The molecular formula is C20H18N2O4. The number of hydrogen-bond donors (Lipinski definition) is 1. The Hall–Kier alpha value is -3.28. The van der Waals surface area contributed by atoms with Gasteiger partial charge in [0.1, 0.15) is 5.69 Å². The number of nitrogens with one attached hydrogen (secondary N) is 1. The molecule has 1 heterocycles. The monoisotopic (exact) mass is 350 g/mol. The summed E-state index contributed by atoms with van der Waals surface area (Å²) in [7, 11) is 0. The molecule has 6 nitrogen and oxygen atoms in total. The summed E-state index contributed by atoms with van der Waals surface area (Å²) in [5.41, 5.74) is 1.72. The van der Waals surface area contributed by atoms with Crippen LogP contribution in [-0.4, -0.2) is 27.8 Å². The highest BCUT2D eigenvalue weighted by molar-refractivity contribution is 6.00. The van der Waals surface area contributed by atoms with Crippen molar-refractivity contribution in [3.63, 3.8) is 0 Å². The maximum absolute atomic E-state index is 12.2. The van der Waals surface area contributed by atoms with Crippen LogP contribution in [-0.2, 0) is 16.0 Å². The van der Waals surface area contributed by atoms with E-state index >= 15 is 0 Å². The lowest BCUT2D eigenvalue weighted by atomic mass is 10.1. The van der Waals surface area contributed by atoms with Crippen molar-refractivity contribution < 1.29 is 14.3 Å². The maximum Gasteiger partial charge on any atom is 0.306 e. The molecule has 0 aliphatic rings. The molecule has 0 saturated heterocycles. The van der Waals surface area contributed by atoms with Crippen LogP contribution in [0, 0.1) is 0 Å². The molecule has 1 atom stereocenters. The minimum Gasteiger partial charge on any atom is -0.454 e. The Morgan fingerprint density at radius 1 is 1.08 bits per heavy atom. The Labute approximate surface area is 149 Å². The van der Waals surface area contributed by atoms with E-state index in [1.807, 2.05) is 18.2 Å². The third-order valence-electron chi connectivity index (χ3n) is 3.97. The van der Waals surface area contributed by atoms with E-state index in [-0.39, 0.29) is 29.9 Å². The molecule has 2 aromatic carbocycles. The number of carbonyl (C=O) groups excluding carboxylic acids is 2. The van der Waals surface area contributed by atoms with E-state index in [0.29, 0.717) is 16.6 Å². The number of rotatable bonds is 6. The van der Waals surface area contributed by atoms with E-state index in [2.05, 4.69) is 9.97 Å². The number of hydrogen-bond acceptors (Lipinski definition) is 5. The molecule has 0 amide bonds. The van der Waals surface area contributed by atoms with Crippen LogP contribution >= 0.6 is 0 Å². The van der Waals surface area contributed by atoms with Gasteiger partial charge < -0.3 is 9.72 Å². The van der Waals surface area contributed by atoms with Crippen molar-refractivity contribution in [1.29, 1.82) is 0 Å². The largest absolute Gasteiger partial charge is 0.454 e. The molecule has 0 radical (unpaired) electrons. The van der Waals surface area contributed by atoms with Gasteiger partial charge in [-0.05, 0) is 19.1 Å². The number of fused-ring (bicyclic) bond motifs is 1. The van der Waals surface area contributed by atoms with Crippen LogP contribution < -0.4 is 5.56 Å². The highest BCUT2D eigenvalue weighted by Gasteiger charge is 2.19. The quantitative estimate of drug-likeness (QED) is 0.545. The molecule has 0 bridgehead atoms. The number of nitrogens with zero attached hydrogens (tertiary/aromatic N) is 1. The molecular weight excluding hydrogens is 332 g/mol. The fourth-order valence-corrected chi connectivity index (χ4v) is 2.60. The van der Waals surface area contributed by atoms with Gasteiger partial charge >= 0.3 is 5.97 Å². The van der Waals surface area contributed by atoms with Gasteiger partial charge in [0.2, 0.25) is 5.78 Å². The molecule has 6 heteroatoms. The van der Waals surface area contributed by atoms with Gasteiger partial charge in [0.05, 0.1) is 17.5 Å². The minimum absolute atomic E-state index is 0.0270. The fraction of sp³-hybridized carbons (Fsp3) is 0.200. The fourth-order valence-electron chi connectivity index (χ4n) is 2.60. The number of aromatic amines is 1. The van der Waals surface area contributed by atoms with Crippen LogP contribution in [0.1, 0.15) is 29.4 Å². The number of para-hydroxylation sites is 2. The number of aryl methyl sites for hydroxylation is 1. The van der Waals surface area contributed by atoms with Gasteiger partial charge in [0.15, 0.2) is 6.10 Å². The third-order valence-corrected chi connectivity index (χ3v) is 3.97. The number of carbonyl (C=O) groups is 2. The second-order valence-corrected chi connectivity index (χ2v) is 5.89. The van der Waals surface area contributed by atoms with Crippen molar-refractivity contribution in [2.45, 2.75) is 25.9 Å². The van der Waals surface area contributed by atoms with Gasteiger partial charge in [0.25, 0.3) is 5.56 Å². The van der Waals surface area contributed by atoms with Gasteiger partial charge in [-0.3, -0.25) is 14.4 Å². The molecule has 0 saturated carbocycles. The molecule has 0 fully saturated rings. The smallest absolute Gasteiger partial charge is 0.306 e. The highest BCUT2D eigenvalue weighted by Crippen LogP contribution is 2.09. The van der Waals surface area contributed by atoms with Crippen molar-refractivity contribution in [2.24, 2.45) is 0 Å². The lowest BCUT2D eigenvalue weighted by Gasteiger charge is -2.12. The Bertz CT molecular complexity index is 995. The van der Waals surface area contributed by atoms with Crippen molar-refractivity contribution in [3.05, 3.63) is 76.2 Å². The predicted molar refractivity (Wildman–Crippen MR) is 97.0 cm³/mol. The standard InChI is InChI=1S/C20H18N2O4/c1-13(19(24)14-7-3-2-4-8-14)26-18(23)12-11-17-20(25)22-16-10-6-5-9-15(16)21-17/h2-10,13H,11-12H2,1H3,(H,22,25)/t13-/m1/s1. The number of ether oxygens (including phenoxy) is 1. The van der Waals surface area contributed by atoms with E-state index < -0.39 is 12.1 Å². The van der Waals surface area contributed by atoms with Gasteiger partial charge in [-0.15, -0.1) is 0 Å². The molecule has 3 aromatic rings. The molecule has 0 aliphatic carbocycles. The molecule has 1 N–H and O–H groups in total. The third kappa shape index (κ3) is 4.03. The van der Waals surface area contributed by atoms with E-state index in [9.17, 15) is 14.4 Å². The van der Waals surface area contributed by atoms with E-state index in [4.69, 9.17) is 4.74 Å². The summed E-state index contributed by atoms with van der Waals surface area (Å²) in [6.45, 7) is 1.54. The minimum atomic E-state index is -0.882. The number of benzene rings is 2. The first-order chi connectivity index (χ1) is 12.5. The van der Waals surface area contributed by atoms with E-state index in [1.54, 1.807) is 36.4 Å². The first-order valence-corrected chi connectivity index (χ1v) is 8.31. The van der Waals surface area contributed by atoms with Crippen molar-refractivity contribution in [1.82, 2.24) is 9.97 Å². The van der Waals surface area contributed by atoms with Gasteiger partial charge in [-0.2, -0.15) is 0 Å². The summed E-state index contributed by atoms with van der Waals surface area (Å²) in [6, 6.07) is 15.8. The van der Waals surface area contributed by atoms with Crippen LogP contribution in [0.15, 0.2) is 59.4 Å². The number of ketones is 1. The number of Topliss-reactive ketones (excluding diaryl/α,β-unsaturated/α-hetero) is 1. The van der Waals surface area contributed by atoms with Crippen LogP contribution in [0.2, 0.25) is 0 Å². The topological polar surface area (TPSA) is 89.1 Å². The molecule has 26 heavy (non-hydrogen) atoms. The summed E-state index contributed by atoms with van der Waals surface area (Å²) >= 11 is 0. The Balaban J connectivity index is 1.61. The molecule has 0 spiro atoms. The predicted octanol–water partition coefficient (Wildman–Crippen LogP) is 2.67. The zero-order valence-electron chi connectivity index (χ0n) is 14.3. The molecule has 1 aromatic heterocycles. The van der Waals surface area contributed by atoms with Gasteiger partial charge in [-0.1, -0.05) is 42.5 Å². The zero-order chi connectivity index (χ0) is 18.5. The summed E-state index contributed by atoms with van der Waals surface area (Å²) in [5.74, 6) is -0.809. The van der Waals surface area contributed by atoms with Crippen LogP contribution in [0.3, 0.4) is 0 Å². The van der Waals surface area contributed by atoms with Gasteiger partial charge in [0, 0.05) is 12.0 Å². The van der Waals surface area contributed by atoms with Crippen LogP contribution in [0.25, 0.3) is 11.0 Å².